The first-order chi connectivity index (χ1) is 20.4. The highest BCUT2D eigenvalue weighted by molar-refractivity contribution is 5.86. The van der Waals surface area contributed by atoms with Crippen LogP contribution in [0.3, 0.4) is 0 Å². The second-order valence-corrected chi connectivity index (χ2v) is 11.3. The third-order valence-corrected chi connectivity index (χ3v) is 7.91. The Morgan fingerprint density at radius 1 is 0.762 bits per heavy atom. The minimum Gasteiger partial charge on any atom is -0.462 e. The molecule has 0 radical (unpaired) electrons. The SMILES string of the molecule is C=C(C)C(=O)OCC(CO)Cc1ccc(-c2ccc(-c3ccc(-c4ccc(CCCCC)cc4)c(CC)c3)cc2)cc1. The van der Waals surface area contributed by atoms with Crippen LogP contribution in [-0.2, 0) is 28.8 Å². The average Bonchev–Trinajstić information content (AvgIpc) is 3.03. The largest absolute Gasteiger partial charge is 0.462 e. The van der Waals surface area contributed by atoms with Gasteiger partial charge in [-0.1, -0.05) is 124 Å². The van der Waals surface area contributed by atoms with Gasteiger partial charge in [0.05, 0.1) is 6.61 Å². The third-order valence-electron chi connectivity index (χ3n) is 7.91. The lowest BCUT2D eigenvalue weighted by Gasteiger charge is -2.15. The maximum absolute atomic E-state index is 11.7. The minimum atomic E-state index is -0.420. The number of aliphatic hydroxyl groups is 1. The number of aliphatic hydroxyl groups excluding tert-OH is 1. The average molecular weight is 561 g/mol. The smallest absolute Gasteiger partial charge is 0.333 e. The van der Waals surface area contributed by atoms with Gasteiger partial charge >= 0.3 is 5.97 Å². The first-order valence-electron chi connectivity index (χ1n) is 15.3. The molecule has 4 aromatic carbocycles. The lowest BCUT2D eigenvalue weighted by Crippen LogP contribution is -2.19. The summed E-state index contributed by atoms with van der Waals surface area (Å²) in [5.41, 5.74) is 11.6. The lowest BCUT2D eigenvalue weighted by atomic mass is 9.92. The van der Waals surface area contributed by atoms with Crippen molar-refractivity contribution in [3.05, 3.63) is 120 Å². The van der Waals surface area contributed by atoms with Crippen LogP contribution in [-0.4, -0.2) is 24.3 Å². The third kappa shape index (κ3) is 8.30. The standard InChI is InChI=1S/C39H44O3/c1-5-7-8-9-29-10-16-36(17-11-29)38-23-22-37(25-32(38)6-2)35-20-18-34(19-21-35)33-14-12-30(13-15-33)24-31(26-40)27-42-39(41)28(3)4/h10-23,25,31,40H,3,5-9,24,26-27H2,1-2,4H3. The number of esters is 1. The number of unbranched alkanes of at least 4 members (excludes halogenated alkanes) is 2. The van der Waals surface area contributed by atoms with Gasteiger partial charge in [0.2, 0.25) is 0 Å². The van der Waals surface area contributed by atoms with E-state index in [0.29, 0.717) is 12.0 Å². The summed E-state index contributed by atoms with van der Waals surface area (Å²) in [6.07, 6.45) is 6.59. The Morgan fingerprint density at radius 3 is 1.88 bits per heavy atom. The predicted octanol–water partition coefficient (Wildman–Crippen LogP) is 9.25. The molecule has 0 bridgehead atoms. The van der Waals surface area contributed by atoms with Gasteiger partial charge in [-0.05, 0) is 82.7 Å². The van der Waals surface area contributed by atoms with Crippen LogP contribution in [0.25, 0.3) is 33.4 Å². The second kappa shape index (κ2) is 15.3. The van der Waals surface area contributed by atoms with Gasteiger partial charge < -0.3 is 9.84 Å². The monoisotopic (exact) mass is 560 g/mol. The van der Waals surface area contributed by atoms with Crippen molar-refractivity contribution in [3.8, 4) is 33.4 Å². The van der Waals surface area contributed by atoms with Crippen molar-refractivity contribution in [1.82, 2.24) is 0 Å². The van der Waals surface area contributed by atoms with Crippen molar-refractivity contribution in [2.24, 2.45) is 5.92 Å². The minimum absolute atomic E-state index is 0.0428. The Labute approximate surface area is 251 Å². The first-order valence-corrected chi connectivity index (χ1v) is 15.3. The molecule has 0 aromatic heterocycles. The maximum atomic E-state index is 11.7. The molecule has 3 nitrogen and oxygen atoms in total. The zero-order chi connectivity index (χ0) is 29.9. The highest BCUT2D eigenvalue weighted by Gasteiger charge is 2.13. The van der Waals surface area contributed by atoms with Crippen LogP contribution in [0.5, 0.6) is 0 Å². The van der Waals surface area contributed by atoms with Crippen LogP contribution in [0, 0.1) is 5.92 Å². The number of carbonyl (C=O) groups is 1. The van der Waals surface area contributed by atoms with Gasteiger partial charge in [0.15, 0.2) is 0 Å². The van der Waals surface area contributed by atoms with Crippen LogP contribution < -0.4 is 0 Å². The van der Waals surface area contributed by atoms with E-state index in [2.05, 4.69) is 111 Å². The summed E-state index contributed by atoms with van der Waals surface area (Å²) in [5.74, 6) is -0.565. The fourth-order valence-electron chi connectivity index (χ4n) is 5.29. The molecule has 0 saturated heterocycles. The Hall–Kier alpha value is -3.95. The van der Waals surface area contributed by atoms with Crippen LogP contribution in [0.15, 0.2) is 103 Å². The molecule has 4 rings (SSSR count). The van der Waals surface area contributed by atoms with E-state index in [1.165, 1.54) is 52.6 Å². The topological polar surface area (TPSA) is 46.5 Å². The number of benzene rings is 4. The molecule has 0 heterocycles. The number of carbonyl (C=O) groups excluding carboxylic acids is 1. The molecule has 0 saturated carbocycles. The molecule has 0 spiro atoms. The molecule has 0 fully saturated rings. The Kier molecular flexibility index (Phi) is 11.3. The van der Waals surface area contributed by atoms with Gasteiger partial charge in [-0.15, -0.1) is 0 Å². The molecular weight excluding hydrogens is 516 g/mol. The van der Waals surface area contributed by atoms with E-state index in [1.807, 2.05) is 0 Å². The molecule has 1 atom stereocenters. The molecule has 0 aliphatic carbocycles. The number of hydrogen-bond donors (Lipinski definition) is 1. The summed E-state index contributed by atoms with van der Waals surface area (Å²) >= 11 is 0. The fraction of sp³-hybridized carbons (Fsp3) is 0.308. The molecule has 0 aliphatic rings. The summed E-state index contributed by atoms with van der Waals surface area (Å²) < 4.78 is 5.23. The van der Waals surface area contributed by atoms with Gasteiger partial charge in [0, 0.05) is 18.1 Å². The van der Waals surface area contributed by atoms with Crippen molar-refractivity contribution in [3.63, 3.8) is 0 Å². The zero-order valence-corrected chi connectivity index (χ0v) is 25.4. The van der Waals surface area contributed by atoms with Crippen molar-refractivity contribution in [2.75, 3.05) is 13.2 Å². The van der Waals surface area contributed by atoms with Gasteiger partial charge in [-0.2, -0.15) is 0 Å². The quantitative estimate of drug-likeness (QED) is 0.0950. The van der Waals surface area contributed by atoms with Crippen molar-refractivity contribution in [2.45, 2.75) is 59.3 Å². The second-order valence-electron chi connectivity index (χ2n) is 11.3. The number of aryl methyl sites for hydroxylation is 2. The number of rotatable bonds is 14. The van der Waals surface area contributed by atoms with Gasteiger partial charge in [0.25, 0.3) is 0 Å². The van der Waals surface area contributed by atoms with Crippen LogP contribution in [0.4, 0.5) is 0 Å². The van der Waals surface area contributed by atoms with Gasteiger partial charge in [-0.25, -0.2) is 4.79 Å². The Bertz CT molecular complexity index is 1450. The van der Waals surface area contributed by atoms with E-state index in [-0.39, 0.29) is 19.1 Å². The molecule has 218 valence electrons. The Balaban J connectivity index is 1.42. The molecule has 0 amide bonds. The molecule has 0 aliphatic heterocycles. The summed E-state index contributed by atoms with van der Waals surface area (Å²) in [5, 5.41) is 9.73. The number of hydrogen-bond acceptors (Lipinski definition) is 3. The highest BCUT2D eigenvalue weighted by Crippen LogP contribution is 2.31. The van der Waals surface area contributed by atoms with Crippen LogP contribution in [0.1, 0.15) is 56.7 Å². The van der Waals surface area contributed by atoms with E-state index < -0.39 is 5.97 Å². The molecule has 1 N–H and O–H groups in total. The van der Waals surface area contributed by atoms with Crippen molar-refractivity contribution < 1.29 is 14.6 Å². The summed E-state index contributed by atoms with van der Waals surface area (Å²) in [7, 11) is 0. The molecule has 42 heavy (non-hydrogen) atoms. The molecule has 4 aromatic rings. The maximum Gasteiger partial charge on any atom is 0.333 e. The number of ether oxygens (including phenoxy) is 1. The first kappa shape index (κ1) is 31.0. The summed E-state index contributed by atoms with van der Waals surface area (Å²) in [4.78, 5) is 11.7. The van der Waals surface area contributed by atoms with E-state index >= 15 is 0 Å². The summed E-state index contributed by atoms with van der Waals surface area (Å²) in [6.45, 7) is 9.83. The van der Waals surface area contributed by atoms with Crippen molar-refractivity contribution >= 4 is 5.97 Å². The molecule has 3 heteroatoms. The fourth-order valence-corrected chi connectivity index (χ4v) is 5.29. The van der Waals surface area contributed by atoms with Gasteiger partial charge in [-0.3, -0.25) is 0 Å². The molecular formula is C39H44O3. The normalized spacial score (nSPS) is 11.7. The van der Waals surface area contributed by atoms with Crippen LogP contribution >= 0.6 is 0 Å². The Morgan fingerprint density at radius 2 is 1.31 bits per heavy atom. The summed E-state index contributed by atoms with van der Waals surface area (Å²) in [6, 6.07) is 33.1. The van der Waals surface area contributed by atoms with Gasteiger partial charge in [0.1, 0.15) is 0 Å². The van der Waals surface area contributed by atoms with E-state index in [1.54, 1.807) is 6.92 Å². The van der Waals surface area contributed by atoms with E-state index in [4.69, 9.17) is 4.74 Å². The zero-order valence-electron chi connectivity index (χ0n) is 25.4. The predicted molar refractivity (Wildman–Crippen MR) is 175 cm³/mol. The van der Waals surface area contributed by atoms with E-state index in [9.17, 15) is 9.90 Å². The van der Waals surface area contributed by atoms with Crippen molar-refractivity contribution in [1.29, 1.82) is 0 Å². The lowest BCUT2D eigenvalue weighted by molar-refractivity contribution is -0.140. The molecule has 1 unspecified atom stereocenters. The highest BCUT2D eigenvalue weighted by atomic mass is 16.5. The van der Waals surface area contributed by atoms with E-state index in [0.717, 1.165) is 29.5 Å². The van der Waals surface area contributed by atoms with Crippen LogP contribution in [0.2, 0.25) is 0 Å².